The van der Waals surface area contributed by atoms with E-state index >= 15 is 0 Å². The van der Waals surface area contributed by atoms with Crippen LogP contribution in [0.15, 0.2) is 65.6 Å². The highest BCUT2D eigenvalue weighted by Crippen LogP contribution is 2.49. The van der Waals surface area contributed by atoms with Crippen molar-refractivity contribution in [2.75, 3.05) is 0 Å². The van der Waals surface area contributed by atoms with Gasteiger partial charge in [0.15, 0.2) is 0 Å². The Morgan fingerprint density at radius 1 is 0.543 bits per heavy atom. The summed E-state index contributed by atoms with van der Waals surface area (Å²) in [5.41, 5.74) is 4.53. The number of thioether (sulfide) groups is 1. The van der Waals surface area contributed by atoms with Crippen LogP contribution in [0, 0.1) is 0 Å². The molecule has 46 heavy (non-hydrogen) atoms. The SMILES string of the molecule is CCCCCCCCCc1ccc2cc3c(cc2c1)SC1C=c2c(sc4cc5cc(CCCCCCCCC)ccc5cc24)=CC31. The van der Waals surface area contributed by atoms with Crippen molar-refractivity contribution in [1.29, 1.82) is 0 Å². The van der Waals surface area contributed by atoms with Gasteiger partial charge in [-0.25, -0.2) is 0 Å². The molecular weight excluding hydrogens is 593 g/mol. The van der Waals surface area contributed by atoms with Crippen molar-refractivity contribution in [3.05, 3.63) is 87.1 Å². The lowest BCUT2D eigenvalue weighted by atomic mass is 9.90. The van der Waals surface area contributed by atoms with E-state index in [-0.39, 0.29) is 0 Å². The number of rotatable bonds is 16. The molecule has 0 saturated carbocycles. The number of aryl methyl sites for hydroxylation is 2. The summed E-state index contributed by atoms with van der Waals surface area (Å²) in [5, 5.41) is 9.01. The Bertz CT molecular complexity index is 1930. The second kappa shape index (κ2) is 15.1. The van der Waals surface area contributed by atoms with Crippen molar-refractivity contribution in [2.45, 2.75) is 133 Å². The molecule has 1 aliphatic heterocycles. The Kier molecular flexibility index (Phi) is 10.5. The molecule has 2 atom stereocenters. The largest absolute Gasteiger partial charge is 0.135 e. The minimum Gasteiger partial charge on any atom is -0.135 e. The van der Waals surface area contributed by atoms with E-state index in [0.717, 1.165) is 0 Å². The molecule has 1 aliphatic carbocycles. The van der Waals surface area contributed by atoms with Crippen molar-refractivity contribution in [3.8, 4) is 0 Å². The molecular formula is C44H52S2. The minimum absolute atomic E-state index is 0.473. The molecule has 240 valence electrons. The third-order valence-electron chi connectivity index (χ3n) is 10.6. The molecule has 0 radical (unpaired) electrons. The number of unbranched alkanes of at least 4 members (excludes halogenated alkanes) is 12. The van der Waals surface area contributed by atoms with Gasteiger partial charge in [0.1, 0.15) is 0 Å². The zero-order chi connectivity index (χ0) is 31.3. The average molecular weight is 645 g/mol. The van der Waals surface area contributed by atoms with Crippen LogP contribution in [0.25, 0.3) is 43.8 Å². The molecule has 0 amide bonds. The lowest BCUT2D eigenvalue weighted by Gasteiger charge is -2.15. The first-order chi connectivity index (χ1) is 22.7. The van der Waals surface area contributed by atoms with Gasteiger partial charge in [-0.1, -0.05) is 139 Å². The Labute approximate surface area is 285 Å². The summed E-state index contributed by atoms with van der Waals surface area (Å²) < 4.78 is 2.91. The molecule has 0 N–H and O–H groups in total. The highest BCUT2D eigenvalue weighted by atomic mass is 32.2. The molecule has 2 heterocycles. The first kappa shape index (κ1) is 32.0. The summed E-state index contributed by atoms with van der Waals surface area (Å²) in [6, 6.07) is 24.4. The van der Waals surface area contributed by atoms with Crippen molar-refractivity contribution in [3.63, 3.8) is 0 Å². The average Bonchev–Trinajstić information content (AvgIpc) is 3.59. The summed E-state index contributed by atoms with van der Waals surface area (Å²) in [4.78, 5) is 1.49. The fraction of sp³-hybridized carbons (Fsp3) is 0.455. The van der Waals surface area contributed by atoms with E-state index in [1.807, 2.05) is 11.3 Å². The summed E-state index contributed by atoms with van der Waals surface area (Å²) in [6.07, 6.45) is 26.9. The summed E-state index contributed by atoms with van der Waals surface area (Å²) in [5.74, 6) is 0.473. The van der Waals surface area contributed by atoms with Gasteiger partial charge in [0.25, 0.3) is 0 Å². The van der Waals surface area contributed by atoms with Crippen LogP contribution in [0.3, 0.4) is 0 Å². The number of hydrogen-bond donors (Lipinski definition) is 0. The monoisotopic (exact) mass is 644 g/mol. The predicted octanol–water partition coefficient (Wildman–Crippen LogP) is 12.6. The van der Waals surface area contributed by atoms with Crippen LogP contribution in [0.4, 0.5) is 0 Å². The van der Waals surface area contributed by atoms with Gasteiger partial charge in [0.2, 0.25) is 0 Å². The molecule has 2 unspecified atom stereocenters. The van der Waals surface area contributed by atoms with Crippen molar-refractivity contribution in [2.24, 2.45) is 0 Å². The molecule has 0 bridgehead atoms. The fourth-order valence-electron chi connectivity index (χ4n) is 7.86. The highest BCUT2D eigenvalue weighted by Gasteiger charge is 2.33. The molecule has 7 rings (SSSR count). The Balaban J connectivity index is 1.05. The van der Waals surface area contributed by atoms with E-state index in [1.165, 1.54) is 166 Å². The molecule has 2 heteroatoms. The van der Waals surface area contributed by atoms with E-state index in [2.05, 4.69) is 98.4 Å². The quantitative estimate of drug-likeness (QED) is 0.0963. The van der Waals surface area contributed by atoms with Gasteiger partial charge in [0.05, 0.1) is 0 Å². The van der Waals surface area contributed by atoms with Gasteiger partial charge in [-0.15, -0.1) is 23.1 Å². The predicted molar refractivity (Wildman–Crippen MR) is 207 cm³/mol. The lowest BCUT2D eigenvalue weighted by Crippen LogP contribution is -2.28. The normalized spacial score (nSPS) is 16.8. The third kappa shape index (κ3) is 7.14. The van der Waals surface area contributed by atoms with Gasteiger partial charge in [0, 0.05) is 30.7 Å². The van der Waals surface area contributed by atoms with Gasteiger partial charge < -0.3 is 0 Å². The first-order valence-corrected chi connectivity index (χ1v) is 20.3. The second-order valence-corrected chi connectivity index (χ2v) is 16.5. The molecule has 0 spiro atoms. The van der Waals surface area contributed by atoms with Gasteiger partial charge in [-0.3, -0.25) is 0 Å². The van der Waals surface area contributed by atoms with E-state index in [1.54, 1.807) is 0 Å². The third-order valence-corrected chi connectivity index (χ3v) is 13.0. The van der Waals surface area contributed by atoms with Gasteiger partial charge >= 0.3 is 0 Å². The highest BCUT2D eigenvalue weighted by molar-refractivity contribution is 8.00. The lowest BCUT2D eigenvalue weighted by molar-refractivity contribution is 0.589. The van der Waals surface area contributed by atoms with Crippen LogP contribution < -0.4 is 9.75 Å². The van der Waals surface area contributed by atoms with Crippen LogP contribution in [0.5, 0.6) is 0 Å². The smallest absolute Gasteiger partial charge is 0.0388 e. The van der Waals surface area contributed by atoms with Crippen LogP contribution in [0.2, 0.25) is 0 Å². The Morgan fingerprint density at radius 2 is 1.13 bits per heavy atom. The topological polar surface area (TPSA) is 0 Å². The number of fused-ring (bicyclic) bond motifs is 8. The van der Waals surface area contributed by atoms with Crippen LogP contribution in [0.1, 0.15) is 126 Å². The van der Waals surface area contributed by atoms with Crippen molar-refractivity contribution >= 4 is 66.9 Å². The molecule has 0 nitrogen and oxygen atoms in total. The molecule has 1 aromatic heterocycles. The van der Waals surface area contributed by atoms with Crippen molar-refractivity contribution < 1.29 is 0 Å². The van der Waals surface area contributed by atoms with E-state index in [9.17, 15) is 0 Å². The van der Waals surface area contributed by atoms with E-state index in [0.29, 0.717) is 11.2 Å². The molecule has 4 aromatic carbocycles. The summed E-state index contributed by atoms with van der Waals surface area (Å²) in [7, 11) is 0. The molecule has 0 saturated heterocycles. The molecule has 5 aromatic rings. The summed E-state index contributed by atoms with van der Waals surface area (Å²) >= 11 is 4.08. The number of thiophene rings is 1. The fourth-order valence-corrected chi connectivity index (χ4v) is 10.5. The van der Waals surface area contributed by atoms with Gasteiger partial charge in [-0.2, -0.15) is 0 Å². The van der Waals surface area contributed by atoms with Crippen LogP contribution >= 0.6 is 23.1 Å². The zero-order valence-electron chi connectivity index (χ0n) is 28.2. The summed E-state index contributed by atoms with van der Waals surface area (Å²) in [6.45, 7) is 4.60. The molecule has 0 fully saturated rings. The maximum absolute atomic E-state index is 2.60. The van der Waals surface area contributed by atoms with Crippen LogP contribution in [-0.4, -0.2) is 5.25 Å². The maximum atomic E-state index is 2.60. The Morgan fingerprint density at radius 3 is 1.78 bits per heavy atom. The second-order valence-electron chi connectivity index (χ2n) is 14.2. The van der Waals surface area contributed by atoms with E-state index in [4.69, 9.17) is 0 Å². The number of hydrogen-bond acceptors (Lipinski definition) is 2. The zero-order valence-corrected chi connectivity index (χ0v) is 29.8. The number of benzene rings is 4. The van der Waals surface area contributed by atoms with Crippen molar-refractivity contribution in [1.82, 2.24) is 0 Å². The Hall–Kier alpha value is -2.55. The van der Waals surface area contributed by atoms with E-state index < -0.39 is 0 Å². The van der Waals surface area contributed by atoms with Crippen LogP contribution in [-0.2, 0) is 12.8 Å². The standard InChI is InChI=1S/C44H52S2/c1-3-5-7-9-11-13-15-17-31-19-21-33-25-37-39-29-44-40(30-43(39)45-41(37)27-35(33)23-31)38-26-34-22-20-32(24-36(34)28-42(38)46-44)18-16-14-12-10-8-6-4-2/h19-30,39,43H,3-18H2,1-2H3. The minimum atomic E-state index is 0.473. The molecule has 2 aliphatic rings. The maximum Gasteiger partial charge on any atom is 0.0388 e. The first-order valence-electron chi connectivity index (χ1n) is 18.6. The van der Waals surface area contributed by atoms with Gasteiger partial charge in [-0.05, 0) is 93.4 Å².